The molecule has 0 atom stereocenters. The Morgan fingerprint density at radius 1 is 1.38 bits per heavy atom. The fourth-order valence-corrected chi connectivity index (χ4v) is 2.40. The molecular formula is C14H20ClN3O3. The molecule has 1 aromatic rings. The van der Waals surface area contributed by atoms with Crippen molar-refractivity contribution >= 4 is 24.0 Å². The van der Waals surface area contributed by atoms with Crippen LogP contribution in [0.25, 0.3) is 0 Å². The van der Waals surface area contributed by atoms with Crippen molar-refractivity contribution in [3.05, 3.63) is 39.4 Å². The van der Waals surface area contributed by atoms with E-state index < -0.39 is 4.92 Å². The maximum atomic E-state index is 12.4. The highest BCUT2D eigenvalue weighted by molar-refractivity contribution is 5.95. The Bertz CT molecular complexity index is 514. The smallest absolute Gasteiger partial charge is 0.273 e. The lowest BCUT2D eigenvalue weighted by Gasteiger charge is -2.20. The molecule has 0 spiro atoms. The minimum atomic E-state index is -0.417. The van der Waals surface area contributed by atoms with Gasteiger partial charge in [0, 0.05) is 36.8 Å². The number of nitro groups is 1. The second kappa shape index (κ2) is 7.95. The molecule has 1 N–H and O–H groups in total. The van der Waals surface area contributed by atoms with Crippen LogP contribution < -0.4 is 5.32 Å². The van der Waals surface area contributed by atoms with Crippen LogP contribution in [0.4, 0.5) is 5.69 Å². The minimum absolute atomic E-state index is 0. The van der Waals surface area contributed by atoms with Crippen LogP contribution in [0.3, 0.4) is 0 Å². The Balaban J connectivity index is 0.00000220. The van der Waals surface area contributed by atoms with Crippen LogP contribution in [0.5, 0.6) is 0 Å². The van der Waals surface area contributed by atoms with Gasteiger partial charge in [0.2, 0.25) is 0 Å². The van der Waals surface area contributed by atoms with Gasteiger partial charge in [0.15, 0.2) is 0 Å². The number of hydrogen-bond donors (Lipinski definition) is 1. The molecule has 0 bridgehead atoms. The normalized spacial score (nSPS) is 15.0. The van der Waals surface area contributed by atoms with Crippen molar-refractivity contribution in [2.75, 3.05) is 26.2 Å². The number of benzene rings is 1. The van der Waals surface area contributed by atoms with Crippen LogP contribution in [0.1, 0.15) is 29.3 Å². The van der Waals surface area contributed by atoms with Crippen molar-refractivity contribution in [1.29, 1.82) is 0 Å². The average molecular weight is 314 g/mol. The molecule has 0 aliphatic carbocycles. The summed E-state index contributed by atoms with van der Waals surface area (Å²) in [4.78, 5) is 24.8. The topological polar surface area (TPSA) is 75.5 Å². The van der Waals surface area contributed by atoms with Crippen LogP contribution in [0, 0.1) is 10.1 Å². The summed E-state index contributed by atoms with van der Waals surface area (Å²) in [5, 5.41) is 14.3. The first-order chi connectivity index (χ1) is 9.63. The van der Waals surface area contributed by atoms with E-state index in [1.54, 1.807) is 17.0 Å². The fraction of sp³-hybridized carbons (Fsp3) is 0.500. The predicted octanol–water partition coefficient (Wildman–Crippen LogP) is 2.01. The molecule has 1 aliphatic rings. The van der Waals surface area contributed by atoms with Crippen LogP contribution in [-0.2, 0) is 6.42 Å². The van der Waals surface area contributed by atoms with E-state index in [1.807, 2.05) is 6.92 Å². The number of nitro benzene ring substituents is 1. The van der Waals surface area contributed by atoms with Gasteiger partial charge in [-0.3, -0.25) is 14.9 Å². The number of carbonyl (C=O) groups excluding carboxylic acids is 1. The fourth-order valence-electron chi connectivity index (χ4n) is 2.40. The van der Waals surface area contributed by atoms with E-state index in [0.717, 1.165) is 19.5 Å². The first-order valence-corrected chi connectivity index (χ1v) is 6.90. The molecule has 116 valence electrons. The number of amides is 1. The number of hydrogen-bond acceptors (Lipinski definition) is 4. The Hall–Kier alpha value is -1.66. The molecule has 6 nitrogen and oxygen atoms in total. The lowest BCUT2D eigenvalue weighted by atomic mass is 10.1. The lowest BCUT2D eigenvalue weighted by Crippen LogP contribution is -2.34. The SMILES string of the molecule is CCc1ccc(C(=O)N2CCCNCC2)cc1[N+](=O)[O-].Cl. The molecular weight excluding hydrogens is 294 g/mol. The van der Waals surface area contributed by atoms with E-state index in [9.17, 15) is 14.9 Å². The predicted molar refractivity (Wildman–Crippen MR) is 83.1 cm³/mol. The molecule has 0 aromatic heterocycles. The number of nitrogens with one attached hydrogen (secondary N) is 1. The van der Waals surface area contributed by atoms with Crippen molar-refractivity contribution in [1.82, 2.24) is 10.2 Å². The van der Waals surface area contributed by atoms with Crippen molar-refractivity contribution < 1.29 is 9.72 Å². The Morgan fingerprint density at radius 3 is 2.81 bits per heavy atom. The second-order valence-corrected chi connectivity index (χ2v) is 4.85. The number of nitrogens with zero attached hydrogens (tertiary/aromatic N) is 2. The summed E-state index contributed by atoms with van der Waals surface area (Å²) in [7, 11) is 0. The third kappa shape index (κ3) is 4.15. The van der Waals surface area contributed by atoms with Crippen LogP contribution in [0.15, 0.2) is 18.2 Å². The van der Waals surface area contributed by atoms with Crippen molar-refractivity contribution in [3.63, 3.8) is 0 Å². The third-order valence-electron chi connectivity index (χ3n) is 3.54. The van der Waals surface area contributed by atoms with Gasteiger partial charge in [0.25, 0.3) is 11.6 Å². The van der Waals surface area contributed by atoms with E-state index >= 15 is 0 Å². The van der Waals surface area contributed by atoms with Gasteiger partial charge in [0.1, 0.15) is 0 Å². The van der Waals surface area contributed by atoms with E-state index in [4.69, 9.17) is 0 Å². The van der Waals surface area contributed by atoms with Gasteiger partial charge in [-0.05, 0) is 25.5 Å². The van der Waals surface area contributed by atoms with Crippen LogP contribution in [0.2, 0.25) is 0 Å². The summed E-state index contributed by atoms with van der Waals surface area (Å²) in [5.74, 6) is -0.126. The lowest BCUT2D eigenvalue weighted by molar-refractivity contribution is -0.385. The first kappa shape index (κ1) is 17.4. The summed E-state index contributed by atoms with van der Waals surface area (Å²) >= 11 is 0. The Labute approximate surface area is 130 Å². The Morgan fingerprint density at radius 2 is 2.14 bits per heavy atom. The monoisotopic (exact) mass is 313 g/mol. The number of aryl methyl sites for hydroxylation is 1. The highest BCUT2D eigenvalue weighted by atomic mass is 35.5. The molecule has 7 heteroatoms. The Kier molecular flexibility index (Phi) is 6.58. The van der Waals surface area contributed by atoms with Gasteiger partial charge < -0.3 is 10.2 Å². The molecule has 1 aliphatic heterocycles. The highest BCUT2D eigenvalue weighted by Crippen LogP contribution is 2.22. The second-order valence-electron chi connectivity index (χ2n) is 4.85. The molecule has 1 aromatic carbocycles. The molecule has 21 heavy (non-hydrogen) atoms. The first-order valence-electron chi connectivity index (χ1n) is 6.90. The zero-order valence-electron chi connectivity index (χ0n) is 12.0. The average Bonchev–Trinajstić information content (AvgIpc) is 2.74. The van der Waals surface area contributed by atoms with Gasteiger partial charge in [0.05, 0.1) is 4.92 Å². The van der Waals surface area contributed by atoms with Gasteiger partial charge in [-0.25, -0.2) is 0 Å². The molecule has 0 unspecified atom stereocenters. The van der Waals surface area contributed by atoms with E-state index in [2.05, 4.69) is 5.32 Å². The minimum Gasteiger partial charge on any atom is -0.337 e. The summed E-state index contributed by atoms with van der Waals surface area (Å²) in [5.41, 5.74) is 1.09. The zero-order valence-corrected chi connectivity index (χ0v) is 12.8. The third-order valence-corrected chi connectivity index (χ3v) is 3.54. The largest absolute Gasteiger partial charge is 0.337 e. The van der Waals surface area contributed by atoms with Crippen molar-refractivity contribution in [2.24, 2.45) is 0 Å². The standard InChI is InChI=1S/C14H19N3O3.ClH/c1-2-11-4-5-12(10-13(11)17(19)20)14(18)16-8-3-6-15-7-9-16;/h4-5,10,15H,2-3,6-9H2,1H3;1H. The van der Waals surface area contributed by atoms with Crippen LogP contribution in [-0.4, -0.2) is 41.9 Å². The van der Waals surface area contributed by atoms with Gasteiger partial charge in [-0.15, -0.1) is 12.4 Å². The van der Waals surface area contributed by atoms with E-state index in [-0.39, 0.29) is 24.0 Å². The zero-order chi connectivity index (χ0) is 14.5. The van der Waals surface area contributed by atoms with Crippen LogP contribution >= 0.6 is 12.4 Å². The van der Waals surface area contributed by atoms with E-state index in [0.29, 0.717) is 30.6 Å². The molecule has 2 rings (SSSR count). The molecule has 1 heterocycles. The van der Waals surface area contributed by atoms with Gasteiger partial charge >= 0.3 is 0 Å². The summed E-state index contributed by atoms with van der Waals surface area (Å²) in [6.07, 6.45) is 1.49. The van der Waals surface area contributed by atoms with Gasteiger partial charge in [-0.2, -0.15) is 0 Å². The number of carbonyl (C=O) groups is 1. The molecule has 0 radical (unpaired) electrons. The summed E-state index contributed by atoms with van der Waals surface area (Å²) in [6.45, 7) is 4.86. The molecule has 0 saturated carbocycles. The maximum absolute atomic E-state index is 12.4. The summed E-state index contributed by atoms with van der Waals surface area (Å²) < 4.78 is 0. The highest BCUT2D eigenvalue weighted by Gasteiger charge is 2.21. The van der Waals surface area contributed by atoms with Gasteiger partial charge in [-0.1, -0.05) is 13.0 Å². The maximum Gasteiger partial charge on any atom is 0.273 e. The summed E-state index contributed by atoms with van der Waals surface area (Å²) in [6, 6.07) is 4.77. The number of halogens is 1. The molecule has 1 fully saturated rings. The van der Waals surface area contributed by atoms with Crippen molar-refractivity contribution in [2.45, 2.75) is 19.8 Å². The molecule has 1 saturated heterocycles. The van der Waals surface area contributed by atoms with Crippen molar-refractivity contribution in [3.8, 4) is 0 Å². The molecule has 1 amide bonds. The number of rotatable bonds is 3. The quantitative estimate of drug-likeness (QED) is 0.684. The van der Waals surface area contributed by atoms with E-state index in [1.165, 1.54) is 6.07 Å².